The topological polar surface area (TPSA) is 38.3 Å². The van der Waals surface area contributed by atoms with Crippen molar-refractivity contribution in [2.45, 2.75) is 85.2 Å². The summed E-state index contributed by atoms with van der Waals surface area (Å²) in [6, 6.07) is 6.18. The van der Waals surface area contributed by atoms with E-state index in [-0.39, 0.29) is 11.3 Å². The zero-order chi connectivity index (χ0) is 18.5. The molecule has 3 nitrogen and oxygen atoms in total. The smallest absolute Gasteiger partial charge is 0.264 e. The summed E-state index contributed by atoms with van der Waals surface area (Å²) < 4.78 is 6.49. The van der Waals surface area contributed by atoms with Crippen LogP contribution in [0.2, 0.25) is 0 Å². The third-order valence-electron chi connectivity index (χ3n) is 5.65. The number of carbonyl (C=O) groups excluding carboxylic acids is 1. The van der Waals surface area contributed by atoms with Crippen LogP contribution in [0.1, 0.15) is 76.8 Å². The Morgan fingerprint density at radius 1 is 1.08 bits per heavy atom. The third-order valence-corrected chi connectivity index (χ3v) is 5.65. The van der Waals surface area contributed by atoms with Crippen molar-refractivity contribution in [3.05, 3.63) is 29.3 Å². The Morgan fingerprint density at radius 2 is 1.76 bits per heavy atom. The standard InChI is InChI=1S/C22H35NO2/c1-6-7-8-9-10-11-14-22(20(24)23-16-21(22,4)5)25-19-13-12-17(2)15-18(19)3/h12-13,15H,6-11,14,16H2,1-5H3,(H,23,24). The van der Waals surface area contributed by atoms with Crippen molar-refractivity contribution in [2.75, 3.05) is 6.54 Å². The maximum atomic E-state index is 12.8. The molecule has 1 fully saturated rings. The molecule has 0 bridgehead atoms. The molecular weight excluding hydrogens is 310 g/mol. The van der Waals surface area contributed by atoms with E-state index in [9.17, 15) is 4.79 Å². The summed E-state index contributed by atoms with van der Waals surface area (Å²) in [5.41, 5.74) is 1.32. The molecule has 0 saturated carbocycles. The van der Waals surface area contributed by atoms with E-state index in [2.05, 4.69) is 52.1 Å². The van der Waals surface area contributed by atoms with Crippen LogP contribution < -0.4 is 10.1 Å². The lowest BCUT2D eigenvalue weighted by atomic mass is 9.74. The number of rotatable bonds is 9. The molecule has 0 radical (unpaired) electrons. The SMILES string of the molecule is CCCCCCCCC1(Oc2ccc(C)cc2C)C(=O)NCC1(C)C. The van der Waals surface area contributed by atoms with Gasteiger partial charge in [-0.05, 0) is 38.3 Å². The van der Waals surface area contributed by atoms with Gasteiger partial charge in [0.05, 0.1) is 0 Å². The fourth-order valence-corrected chi connectivity index (χ4v) is 3.84. The lowest BCUT2D eigenvalue weighted by molar-refractivity contribution is -0.139. The summed E-state index contributed by atoms with van der Waals surface area (Å²) in [7, 11) is 0. The van der Waals surface area contributed by atoms with Crippen LogP contribution in [0, 0.1) is 19.3 Å². The Hall–Kier alpha value is -1.51. The van der Waals surface area contributed by atoms with Gasteiger partial charge < -0.3 is 10.1 Å². The average Bonchev–Trinajstić information content (AvgIpc) is 2.77. The second-order valence-electron chi connectivity index (χ2n) is 8.28. The van der Waals surface area contributed by atoms with E-state index in [1.165, 1.54) is 37.7 Å². The van der Waals surface area contributed by atoms with Crippen molar-refractivity contribution in [2.24, 2.45) is 5.41 Å². The minimum atomic E-state index is -0.766. The fourth-order valence-electron chi connectivity index (χ4n) is 3.84. The number of nitrogens with one attached hydrogen (secondary N) is 1. The maximum Gasteiger partial charge on any atom is 0.264 e. The highest BCUT2D eigenvalue weighted by atomic mass is 16.5. The first kappa shape index (κ1) is 19.8. The second-order valence-corrected chi connectivity index (χ2v) is 8.28. The molecule has 2 rings (SSSR count). The number of amides is 1. The summed E-state index contributed by atoms with van der Waals surface area (Å²) in [6.07, 6.45) is 8.08. The van der Waals surface area contributed by atoms with Crippen LogP contribution in [0.4, 0.5) is 0 Å². The van der Waals surface area contributed by atoms with Gasteiger partial charge in [0.1, 0.15) is 5.75 Å². The summed E-state index contributed by atoms with van der Waals surface area (Å²) in [5, 5.41) is 3.05. The van der Waals surface area contributed by atoms with Gasteiger partial charge in [0.2, 0.25) is 0 Å². The molecule has 0 aromatic heterocycles. The molecular formula is C22H35NO2. The van der Waals surface area contributed by atoms with Crippen molar-refractivity contribution in [3.63, 3.8) is 0 Å². The number of aryl methyl sites for hydroxylation is 2. The molecule has 140 valence electrons. The molecule has 0 spiro atoms. The lowest BCUT2D eigenvalue weighted by Gasteiger charge is -2.39. The zero-order valence-electron chi connectivity index (χ0n) is 16.7. The van der Waals surface area contributed by atoms with Gasteiger partial charge in [-0.2, -0.15) is 0 Å². The lowest BCUT2D eigenvalue weighted by Crippen LogP contribution is -2.52. The first-order chi connectivity index (χ1) is 11.8. The largest absolute Gasteiger partial charge is 0.477 e. The predicted molar refractivity (Wildman–Crippen MR) is 104 cm³/mol. The highest BCUT2D eigenvalue weighted by Crippen LogP contribution is 2.43. The molecule has 1 saturated heterocycles. The minimum absolute atomic E-state index is 0.0473. The van der Waals surface area contributed by atoms with E-state index in [0.717, 1.165) is 24.2 Å². The molecule has 25 heavy (non-hydrogen) atoms. The molecule has 1 aliphatic rings. The van der Waals surface area contributed by atoms with Crippen LogP contribution in [-0.2, 0) is 4.79 Å². The summed E-state index contributed by atoms with van der Waals surface area (Å²) in [4.78, 5) is 12.8. The first-order valence-electron chi connectivity index (χ1n) is 9.87. The van der Waals surface area contributed by atoms with E-state index in [1.807, 2.05) is 6.07 Å². The Morgan fingerprint density at radius 3 is 2.36 bits per heavy atom. The predicted octanol–water partition coefficient (Wildman–Crippen LogP) is 5.33. The molecule has 1 aromatic rings. The number of hydrogen-bond donors (Lipinski definition) is 1. The second kappa shape index (κ2) is 8.25. The molecule has 1 amide bonds. The number of ether oxygens (including phenoxy) is 1. The number of carbonyl (C=O) groups is 1. The first-order valence-corrected chi connectivity index (χ1v) is 9.87. The molecule has 1 unspecified atom stereocenters. The van der Waals surface area contributed by atoms with Crippen molar-refractivity contribution in [1.82, 2.24) is 5.32 Å². The molecule has 0 aliphatic carbocycles. The van der Waals surface area contributed by atoms with Gasteiger partial charge in [0, 0.05) is 12.0 Å². The Balaban J connectivity index is 2.14. The van der Waals surface area contributed by atoms with Gasteiger partial charge in [0.25, 0.3) is 5.91 Å². The molecule has 1 aliphatic heterocycles. The summed E-state index contributed by atoms with van der Waals surface area (Å²) in [5.74, 6) is 0.882. The molecule has 1 aromatic carbocycles. The van der Waals surface area contributed by atoms with E-state index >= 15 is 0 Å². The molecule has 1 atom stereocenters. The van der Waals surface area contributed by atoms with Crippen molar-refractivity contribution < 1.29 is 9.53 Å². The van der Waals surface area contributed by atoms with Gasteiger partial charge >= 0.3 is 0 Å². The van der Waals surface area contributed by atoms with Gasteiger partial charge in [-0.3, -0.25) is 4.79 Å². The molecule has 1 N–H and O–H groups in total. The Kier molecular flexibility index (Phi) is 6.53. The molecule has 1 heterocycles. The van der Waals surface area contributed by atoms with Crippen LogP contribution >= 0.6 is 0 Å². The monoisotopic (exact) mass is 345 g/mol. The van der Waals surface area contributed by atoms with Crippen LogP contribution in [0.5, 0.6) is 5.75 Å². The van der Waals surface area contributed by atoms with Crippen LogP contribution in [0.3, 0.4) is 0 Å². The minimum Gasteiger partial charge on any atom is -0.477 e. The normalized spacial score (nSPS) is 22.0. The maximum absolute atomic E-state index is 12.8. The number of hydrogen-bond acceptors (Lipinski definition) is 2. The third kappa shape index (κ3) is 4.37. The Labute approximate surface area is 153 Å². The van der Waals surface area contributed by atoms with Crippen LogP contribution in [-0.4, -0.2) is 18.1 Å². The van der Waals surface area contributed by atoms with Crippen molar-refractivity contribution >= 4 is 5.91 Å². The van der Waals surface area contributed by atoms with E-state index in [4.69, 9.17) is 4.74 Å². The van der Waals surface area contributed by atoms with Crippen molar-refractivity contribution in [1.29, 1.82) is 0 Å². The van der Waals surface area contributed by atoms with Crippen LogP contribution in [0.15, 0.2) is 18.2 Å². The van der Waals surface area contributed by atoms with Gasteiger partial charge in [-0.15, -0.1) is 0 Å². The zero-order valence-corrected chi connectivity index (χ0v) is 16.7. The van der Waals surface area contributed by atoms with Gasteiger partial charge in [-0.1, -0.05) is 70.6 Å². The van der Waals surface area contributed by atoms with Crippen molar-refractivity contribution in [3.8, 4) is 5.75 Å². The summed E-state index contributed by atoms with van der Waals surface area (Å²) in [6.45, 7) is 11.3. The molecule has 3 heteroatoms. The van der Waals surface area contributed by atoms with E-state index in [1.54, 1.807) is 0 Å². The Bertz CT molecular complexity index is 594. The number of unbranched alkanes of at least 4 members (excludes halogenated alkanes) is 5. The highest BCUT2D eigenvalue weighted by Gasteiger charge is 2.57. The fraction of sp³-hybridized carbons (Fsp3) is 0.682. The van der Waals surface area contributed by atoms with E-state index < -0.39 is 5.60 Å². The highest BCUT2D eigenvalue weighted by molar-refractivity contribution is 5.89. The van der Waals surface area contributed by atoms with Gasteiger partial charge in [-0.25, -0.2) is 0 Å². The quantitative estimate of drug-likeness (QED) is 0.615. The van der Waals surface area contributed by atoms with Gasteiger partial charge in [0.15, 0.2) is 5.60 Å². The van der Waals surface area contributed by atoms with Crippen LogP contribution in [0.25, 0.3) is 0 Å². The summed E-state index contributed by atoms with van der Waals surface area (Å²) >= 11 is 0. The number of benzene rings is 1. The average molecular weight is 346 g/mol. The van der Waals surface area contributed by atoms with E-state index in [0.29, 0.717) is 6.54 Å².